The number of hydrogen-bond donors (Lipinski definition) is 3. The van der Waals surface area contributed by atoms with Gasteiger partial charge in [-0.1, -0.05) is 6.07 Å². The van der Waals surface area contributed by atoms with Crippen molar-refractivity contribution in [1.29, 1.82) is 5.41 Å². The Morgan fingerprint density at radius 2 is 2.22 bits per heavy atom. The molecule has 1 unspecified atom stereocenters. The number of methoxy groups -OCH3 is 1. The SMILES string of the molecule is COc1cc(CN(C)C(C)CO)ccc1C(=N)N. The van der Waals surface area contributed by atoms with Crippen LogP contribution in [-0.2, 0) is 6.54 Å². The smallest absolute Gasteiger partial charge is 0.130 e. The quantitative estimate of drug-likeness (QED) is 0.515. The lowest BCUT2D eigenvalue weighted by molar-refractivity contribution is 0.154. The average Bonchev–Trinajstić information content (AvgIpc) is 2.37. The first-order chi connectivity index (χ1) is 8.49. The molecule has 0 bridgehead atoms. The summed E-state index contributed by atoms with van der Waals surface area (Å²) >= 11 is 0. The average molecular weight is 251 g/mol. The molecule has 5 heteroatoms. The Balaban J connectivity index is 2.89. The van der Waals surface area contributed by atoms with Crippen LogP contribution in [0.5, 0.6) is 5.75 Å². The molecule has 5 nitrogen and oxygen atoms in total. The first-order valence-corrected chi connectivity index (χ1v) is 5.82. The van der Waals surface area contributed by atoms with Crippen molar-refractivity contribution in [1.82, 2.24) is 4.90 Å². The highest BCUT2D eigenvalue weighted by Crippen LogP contribution is 2.20. The highest BCUT2D eigenvalue weighted by Gasteiger charge is 2.11. The third kappa shape index (κ3) is 3.45. The Labute approximate surface area is 108 Å². The number of likely N-dealkylation sites (N-methyl/N-ethyl adjacent to an activating group) is 1. The maximum absolute atomic E-state index is 9.09. The third-order valence-corrected chi connectivity index (χ3v) is 3.00. The van der Waals surface area contributed by atoms with Crippen molar-refractivity contribution >= 4 is 5.84 Å². The molecule has 1 aromatic carbocycles. The molecular weight excluding hydrogens is 230 g/mol. The van der Waals surface area contributed by atoms with Crippen LogP contribution in [0, 0.1) is 5.41 Å². The van der Waals surface area contributed by atoms with E-state index in [0.717, 1.165) is 5.56 Å². The molecule has 1 atom stereocenters. The Morgan fingerprint density at radius 3 is 2.72 bits per heavy atom. The summed E-state index contributed by atoms with van der Waals surface area (Å²) in [5, 5.41) is 16.5. The topological polar surface area (TPSA) is 82.6 Å². The zero-order valence-corrected chi connectivity index (χ0v) is 11.1. The van der Waals surface area contributed by atoms with E-state index in [9.17, 15) is 0 Å². The zero-order valence-electron chi connectivity index (χ0n) is 11.1. The van der Waals surface area contributed by atoms with Crippen LogP contribution < -0.4 is 10.5 Å². The van der Waals surface area contributed by atoms with Gasteiger partial charge in [0.2, 0.25) is 0 Å². The van der Waals surface area contributed by atoms with Gasteiger partial charge in [-0.2, -0.15) is 0 Å². The largest absolute Gasteiger partial charge is 0.496 e. The molecule has 0 saturated heterocycles. The van der Waals surface area contributed by atoms with Crippen LogP contribution in [0.25, 0.3) is 0 Å². The van der Waals surface area contributed by atoms with Crippen molar-refractivity contribution in [2.24, 2.45) is 5.73 Å². The Kier molecular flexibility index (Phi) is 5.12. The Morgan fingerprint density at radius 1 is 1.56 bits per heavy atom. The second-order valence-corrected chi connectivity index (χ2v) is 4.40. The molecule has 0 amide bonds. The molecule has 0 radical (unpaired) electrons. The van der Waals surface area contributed by atoms with Gasteiger partial charge in [-0.3, -0.25) is 10.3 Å². The minimum Gasteiger partial charge on any atom is -0.496 e. The third-order valence-electron chi connectivity index (χ3n) is 3.00. The van der Waals surface area contributed by atoms with Crippen LogP contribution in [-0.4, -0.2) is 42.6 Å². The molecule has 0 saturated carbocycles. The second kappa shape index (κ2) is 6.37. The first-order valence-electron chi connectivity index (χ1n) is 5.82. The van der Waals surface area contributed by atoms with Gasteiger partial charge in [0.25, 0.3) is 0 Å². The minimum absolute atomic E-state index is 0.00418. The summed E-state index contributed by atoms with van der Waals surface area (Å²) in [6.07, 6.45) is 0. The van der Waals surface area contributed by atoms with Crippen LogP contribution >= 0.6 is 0 Å². The van der Waals surface area contributed by atoms with E-state index >= 15 is 0 Å². The van der Waals surface area contributed by atoms with E-state index in [-0.39, 0.29) is 18.5 Å². The number of hydrogen-bond acceptors (Lipinski definition) is 4. The van der Waals surface area contributed by atoms with Crippen molar-refractivity contribution < 1.29 is 9.84 Å². The molecule has 0 spiro atoms. The van der Waals surface area contributed by atoms with Gasteiger partial charge in [0.1, 0.15) is 11.6 Å². The number of nitrogen functional groups attached to an aromatic ring is 1. The number of aliphatic hydroxyl groups is 1. The summed E-state index contributed by atoms with van der Waals surface area (Å²) in [5.41, 5.74) is 7.12. The van der Waals surface area contributed by atoms with Crippen LogP contribution in [0.3, 0.4) is 0 Å². The van der Waals surface area contributed by atoms with E-state index in [0.29, 0.717) is 17.9 Å². The van der Waals surface area contributed by atoms with Gasteiger partial charge in [0.05, 0.1) is 19.3 Å². The molecular formula is C13H21N3O2. The van der Waals surface area contributed by atoms with E-state index in [4.69, 9.17) is 21.0 Å². The predicted octanol–water partition coefficient (Wildman–Crippen LogP) is 0.792. The number of rotatable bonds is 6. The molecule has 1 aromatic rings. The van der Waals surface area contributed by atoms with Gasteiger partial charge < -0.3 is 15.6 Å². The van der Waals surface area contributed by atoms with Gasteiger partial charge in [0.15, 0.2) is 0 Å². The maximum atomic E-state index is 9.09. The van der Waals surface area contributed by atoms with E-state index in [1.807, 2.05) is 31.0 Å². The lowest BCUT2D eigenvalue weighted by Gasteiger charge is -2.23. The molecule has 4 N–H and O–H groups in total. The summed E-state index contributed by atoms with van der Waals surface area (Å²) in [6, 6.07) is 5.67. The summed E-state index contributed by atoms with van der Waals surface area (Å²) in [6.45, 7) is 2.79. The fourth-order valence-electron chi connectivity index (χ4n) is 1.64. The molecule has 0 fully saturated rings. The fraction of sp³-hybridized carbons (Fsp3) is 0.462. The number of nitrogens with zero attached hydrogens (tertiary/aromatic N) is 1. The number of aliphatic hydroxyl groups excluding tert-OH is 1. The fourth-order valence-corrected chi connectivity index (χ4v) is 1.64. The summed E-state index contributed by atoms with van der Waals surface area (Å²) in [7, 11) is 3.51. The van der Waals surface area contributed by atoms with Gasteiger partial charge in [-0.15, -0.1) is 0 Å². The standard InChI is InChI=1S/C13H21N3O2/c1-9(8-17)16(2)7-10-4-5-11(13(14)15)12(6-10)18-3/h4-6,9,17H,7-8H2,1-3H3,(H3,14,15). The van der Waals surface area contributed by atoms with Crippen LogP contribution in [0.1, 0.15) is 18.1 Å². The minimum atomic E-state index is -0.00418. The van der Waals surface area contributed by atoms with Crippen molar-refractivity contribution in [2.45, 2.75) is 19.5 Å². The zero-order chi connectivity index (χ0) is 13.7. The first kappa shape index (κ1) is 14.5. The number of nitrogens with two attached hydrogens (primary N) is 1. The van der Waals surface area contributed by atoms with Crippen molar-refractivity contribution in [3.05, 3.63) is 29.3 Å². The van der Waals surface area contributed by atoms with Crippen molar-refractivity contribution in [2.75, 3.05) is 20.8 Å². The maximum Gasteiger partial charge on any atom is 0.130 e. The number of amidine groups is 1. The molecule has 0 aromatic heterocycles. The van der Waals surface area contributed by atoms with E-state index < -0.39 is 0 Å². The van der Waals surface area contributed by atoms with Gasteiger partial charge in [-0.25, -0.2) is 0 Å². The van der Waals surface area contributed by atoms with Crippen LogP contribution in [0.4, 0.5) is 0 Å². The Bertz CT molecular complexity index is 421. The number of benzene rings is 1. The van der Waals surface area contributed by atoms with Crippen molar-refractivity contribution in [3.63, 3.8) is 0 Å². The van der Waals surface area contributed by atoms with E-state index in [2.05, 4.69) is 0 Å². The van der Waals surface area contributed by atoms with Crippen LogP contribution in [0.15, 0.2) is 18.2 Å². The monoisotopic (exact) mass is 251 g/mol. The van der Waals surface area contributed by atoms with Gasteiger partial charge in [-0.05, 0) is 31.7 Å². The summed E-state index contributed by atoms with van der Waals surface area (Å²) in [4.78, 5) is 2.04. The highest BCUT2D eigenvalue weighted by molar-refractivity contribution is 5.97. The molecule has 18 heavy (non-hydrogen) atoms. The molecule has 100 valence electrons. The number of nitrogens with one attached hydrogen (secondary N) is 1. The number of ether oxygens (including phenoxy) is 1. The molecule has 0 aliphatic rings. The normalized spacial score (nSPS) is 12.5. The molecule has 1 rings (SSSR count). The van der Waals surface area contributed by atoms with Gasteiger partial charge >= 0.3 is 0 Å². The Hall–Kier alpha value is -1.59. The van der Waals surface area contributed by atoms with E-state index in [1.165, 1.54) is 0 Å². The molecule has 0 aliphatic heterocycles. The van der Waals surface area contributed by atoms with Crippen LogP contribution in [0.2, 0.25) is 0 Å². The summed E-state index contributed by atoms with van der Waals surface area (Å²) < 4.78 is 5.23. The van der Waals surface area contributed by atoms with Crippen molar-refractivity contribution in [3.8, 4) is 5.75 Å². The molecule has 0 heterocycles. The van der Waals surface area contributed by atoms with Gasteiger partial charge in [0, 0.05) is 12.6 Å². The predicted molar refractivity (Wildman–Crippen MR) is 72.0 cm³/mol. The highest BCUT2D eigenvalue weighted by atomic mass is 16.5. The lowest BCUT2D eigenvalue weighted by Crippen LogP contribution is -2.31. The summed E-state index contributed by atoms with van der Waals surface area (Å²) in [5.74, 6) is 0.598. The second-order valence-electron chi connectivity index (χ2n) is 4.40. The van der Waals surface area contributed by atoms with E-state index in [1.54, 1.807) is 13.2 Å². The lowest BCUT2D eigenvalue weighted by atomic mass is 10.1. The molecule has 0 aliphatic carbocycles.